The summed E-state index contributed by atoms with van der Waals surface area (Å²) in [6.45, 7) is 5.29. The highest BCUT2D eigenvalue weighted by Crippen LogP contribution is 2.06. The lowest BCUT2D eigenvalue weighted by molar-refractivity contribution is 0.0767. The first-order chi connectivity index (χ1) is 4.33. The van der Waals surface area contributed by atoms with E-state index in [2.05, 4.69) is 4.90 Å². The number of likely N-dealkylation sites (tertiary alicyclic amines) is 1. The van der Waals surface area contributed by atoms with Gasteiger partial charge >= 0.3 is 0 Å². The molecule has 1 aliphatic heterocycles. The smallest absolute Gasteiger partial charge is 0.0664 e. The van der Waals surface area contributed by atoms with E-state index in [9.17, 15) is 0 Å². The Bertz CT molecular complexity index is 78.2. The van der Waals surface area contributed by atoms with Gasteiger partial charge in [-0.3, -0.25) is 0 Å². The molecule has 1 fully saturated rings. The van der Waals surface area contributed by atoms with E-state index < -0.39 is 0 Å². The van der Waals surface area contributed by atoms with Gasteiger partial charge in [0, 0.05) is 6.54 Å². The van der Waals surface area contributed by atoms with E-state index in [1.54, 1.807) is 0 Å². The Morgan fingerprint density at radius 3 is 2.56 bits per heavy atom. The second-order valence-electron chi connectivity index (χ2n) is 2.72. The van der Waals surface area contributed by atoms with Gasteiger partial charge in [0.05, 0.1) is 6.10 Å². The maximum atomic E-state index is 9.15. The molecule has 0 aliphatic carbocycles. The first-order valence-corrected chi connectivity index (χ1v) is 3.73. The van der Waals surface area contributed by atoms with Crippen LogP contribution in [0.1, 0.15) is 19.8 Å². The highest BCUT2D eigenvalue weighted by molar-refractivity contribution is 4.71. The van der Waals surface area contributed by atoms with Crippen LogP contribution in [0, 0.1) is 0 Å². The van der Waals surface area contributed by atoms with Crippen molar-refractivity contribution in [2.24, 2.45) is 0 Å². The van der Waals surface area contributed by atoms with Crippen molar-refractivity contribution in [1.82, 2.24) is 4.90 Å². The molecule has 0 aromatic carbocycles. The Labute approximate surface area is 56.5 Å². The summed E-state index contributed by atoms with van der Waals surface area (Å²) >= 11 is 0. The molecule has 1 N–H and O–H groups in total. The summed E-state index contributed by atoms with van der Waals surface area (Å²) < 4.78 is 0. The Morgan fingerprint density at radius 1 is 1.56 bits per heavy atom. The van der Waals surface area contributed by atoms with Crippen molar-refractivity contribution < 1.29 is 5.11 Å². The van der Waals surface area contributed by atoms with Gasteiger partial charge in [-0.1, -0.05) is 6.92 Å². The van der Waals surface area contributed by atoms with Gasteiger partial charge < -0.3 is 10.0 Å². The summed E-state index contributed by atoms with van der Waals surface area (Å²) in [5, 5.41) is 9.15. The summed E-state index contributed by atoms with van der Waals surface area (Å²) in [5.74, 6) is 0. The molecule has 1 aliphatic rings. The maximum Gasteiger partial charge on any atom is 0.0664 e. The lowest BCUT2D eigenvalue weighted by atomic mass is 10.2. The SMILES string of the molecule is CCC(O)CN1CCC1. The molecule has 9 heavy (non-hydrogen) atoms. The van der Waals surface area contributed by atoms with Crippen molar-refractivity contribution in [3.63, 3.8) is 0 Å². The zero-order valence-corrected chi connectivity index (χ0v) is 6.01. The van der Waals surface area contributed by atoms with Gasteiger partial charge in [0.2, 0.25) is 0 Å². The average Bonchev–Trinajstić information content (AvgIpc) is 1.78. The Kier molecular flexibility index (Phi) is 2.49. The highest BCUT2D eigenvalue weighted by atomic mass is 16.3. The molecular formula is C7H15NO. The molecule has 1 heterocycles. The molecule has 2 nitrogen and oxygen atoms in total. The van der Waals surface area contributed by atoms with E-state index in [-0.39, 0.29) is 6.10 Å². The van der Waals surface area contributed by atoms with Crippen molar-refractivity contribution in [2.45, 2.75) is 25.9 Å². The molecule has 2 heteroatoms. The van der Waals surface area contributed by atoms with Gasteiger partial charge in [0.15, 0.2) is 0 Å². The quantitative estimate of drug-likeness (QED) is 0.598. The number of nitrogens with zero attached hydrogens (tertiary/aromatic N) is 1. The fourth-order valence-electron chi connectivity index (χ4n) is 0.991. The number of β-amino-alcohol motifs (C(OH)–C–C–N with tert-alkyl or cyclic N) is 1. The van der Waals surface area contributed by atoms with Gasteiger partial charge in [0.25, 0.3) is 0 Å². The molecule has 1 unspecified atom stereocenters. The molecule has 0 aromatic heterocycles. The lowest BCUT2D eigenvalue weighted by Gasteiger charge is -2.32. The van der Waals surface area contributed by atoms with Crippen LogP contribution in [-0.4, -0.2) is 35.7 Å². The van der Waals surface area contributed by atoms with E-state index >= 15 is 0 Å². The van der Waals surface area contributed by atoms with Crippen molar-refractivity contribution >= 4 is 0 Å². The van der Waals surface area contributed by atoms with E-state index in [0.29, 0.717) is 0 Å². The molecule has 54 valence electrons. The van der Waals surface area contributed by atoms with Crippen molar-refractivity contribution in [1.29, 1.82) is 0 Å². The van der Waals surface area contributed by atoms with E-state index in [0.717, 1.165) is 13.0 Å². The van der Waals surface area contributed by atoms with Gasteiger partial charge in [-0.2, -0.15) is 0 Å². The largest absolute Gasteiger partial charge is 0.392 e. The summed E-state index contributed by atoms with van der Waals surface area (Å²) in [6.07, 6.45) is 2.11. The predicted molar refractivity (Wildman–Crippen MR) is 37.4 cm³/mol. The molecule has 1 saturated heterocycles. The second kappa shape index (κ2) is 3.18. The number of rotatable bonds is 3. The van der Waals surface area contributed by atoms with Gasteiger partial charge in [-0.25, -0.2) is 0 Å². The number of hydrogen-bond donors (Lipinski definition) is 1. The molecule has 0 amide bonds. The van der Waals surface area contributed by atoms with Crippen LogP contribution in [0.25, 0.3) is 0 Å². The number of aliphatic hydroxyl groups excluding tert-OH is 1. The van der Waals surface area contributed by atoms with Crippen LogP contribution in [0.15, 0.2) is 0 Å². The fraction of sp³-hybridized carbons (Fsp3) is 1.00. The first-order valence-electron chi connectivity index (χ1n) is 3.73. The van der Waals surface area contributed by atoms with E-state index in [1.165, 1.54) is 19.5 Å². The molecular weight excluding hydrogens is 114 g/mol. The molecule has 0 spiro atoms. The minimum atomic E-state index is -0.0923. The van der Waals surface area contributed by atoms with Crippen LogP contribution in [0.3, 0.4) is 0 Å². The predicted octanol–water partition coefficient (Wildman–Crippen LogP) is 0.463. The van der Waals surface area contributed by atoms with Crippen molar-refractivity contribution in [3.05, 3.63) is 0 Å². The van der Waals surface area contributed by atoms with Crippen LogP contribution in [0.2, 0.25) is 0 Å². The molecule has 0 aromatic rings. The minimum Gasteiger partial charge on any atom is -0.392 e. The normalized spacial score (nSPS) is 23.3. The molecule has 1 atom stereocenters. The van der Waals surface area contributed by atoms with Crippen LogP contribution < -0.4 is 0 Å². The monoisotopic (exact) mass is 129 g/mol. The maximum absolute atomic E-state index is 9.15. The minimum absolute atomic E-state index is 0.0923. The standard InChI is InChI=1S/C7H15NO/c1-2-7(9)6-8-4-3-5-8/h7,9H,2-6H2,1H3. The van der Waals surface area contributed by atoms with Crippen LogP contribution in [-0.2, 0) is 0 Å². The van der Waals surface area contributed by atoms with Crippen molar-refractivity contribution in [3.8, 4) is 0 Å². The third kappa shape index (κ3) is 1.95. The molecule has 0 radical (unpaired) electrons. The van der Waals surface area contributed by atoms with Crippen molar-refractivity contribution in [2.75, 3.05) is 19.6 Å². The van der Waals surface area contributed by atoms with Gasteiger partial charge in [0.1, 0.15) is 0 Å². The third-order valence-electron chi connectivity index (χ3n) is 1.89. The highest BCUT2D eigenvalue weighted by Gasteiger charge is 2.15. The zero-order valence-electron chi connectivity index (χ0n) is 6.01. The van der Waals surface area contributed by atoms with E-state index in [4.69, 9.17) is 5.11 Å². The molecule has 1 rings (SSSR count). The van der Waals surface area contributed by atoms with Crippen LogP contribution in [0.4, 0.5) is 0 Å². The second-order valence-corrected chi connectivity index (χ2v) is 2.72. The summed E-state index contributed by atoms with van der Waals surface area (Å²) in [6, 6.07) is 0. The topological polar surface area (TPSA) is 23.5 Å². The van der Waals surface area contributed by atoms with Crippen LogP contribution >= 0.6 is 0 Å². The number of hydrogen-bond acceptors (Lipinski definition) is 2. The van der Waals surface area contributed by atoms with Gasteiger partial charge in [-0.15, -0.1) is 0 Å². The fourth-order valence-corrected chi connectivity index (χ4v) is 0.991. The average molecular weight is 129 g/mol. The van der Waals surface area contributed by atoms with E-state index in [1.807, 2.05) is 6.92 Å². The van der Waals surface area contributed by atoms with Crippen LogP contribution in [0.5, 0.6) is 0 Å². The first kappa shape index (κ1) is 7.03. The molecule has 0 bridgehead atoms. The molecule has 0 saturated carbocycles. The Balaban J connectivity index is 2.01. The summed E-state index contributed by atoms with van der Waals surface area (Å²) in [7, 11) is 0. The summed E-state index contributed by atoms with van der Waals surface area (Å²) in [5.41, 5.74) is 0. The number of aliphatic hydroxyl groups is 1. The van der Waals surface area contributed by atoms with Gasteiger partial charge in [-0.05, 0) is 25.9 Å². The summed E-state index contributed by atoms with van der Waals surface area (Å²) in [4.78, 5) is 2.29. The third-order valence-corrected chi connectivity index (χ3v) is 1.89. The Morgan fingerprint density at radius 2 is 2.22 bits per heavy atom. The zero-order chi connectivity index (χ0) is 6.69. The Hall–Kier alpha value is -0.0800. The lowest BCUT2D eigenvalue weighted by Crippen LogP contribution is -2.41.